The van der Waals surface area contributed by atoms with Crippen LogP contribution in [0.15, 0.2) is 17.0 Å². The van der Waals surface area contributed by atoms with E-state index < -0.39 is 10.0 Å². The van der Waals surface area contributed by atoms with E-state index in [1.807, 2.05) is 39.8 Å². The zero-order valence-corrected chi connectivity index (χ0v) is 15.1. The highest BCUT2D eigenvalue weighted by atomic mass is 79.9. The van der Waals surface area contributed by atoms with Gasteiger partial charge in [0.25, 0.3) is 0 Å². The predicted octanol–water partition coefficient (Wildman–Crippen LogP) is 3.80. The summed E-state index contributed by atoms with van der Waals surface area (Å²) in [5, 5.41) is 0.910. The summed E-state index contributed by atoms with van der Waals surface area (Å²) >= 11 is 3.38. The molecule has 0 aromatic heterocycles. The highest BCUT2D eigenvalue weighted by Gasteiger charge is 2.26. The minimum Gasteiger partial charge on any atom is -0.207 e. The lowest BCUT2D eigenvalue weighted by molar-refractivity contribution is 0.419. The van der Waals surface area contributed by atoms with E-state index in [0.717, 1.165) is 34.9 Å². The molecule has 0 saturated carbocycles. The van der Waals surface area contributed by atoms with Crippen LogP contribution in [0.4, 0.5) is 0 Å². The third-order valence-corrected chi connectivity index (χ3v) is 6.19. The minimum absolute atomic E-state index is 0.476. The number of unbranched alkanes of at least 4 members (excludes halogenated alkanes) is 1. The number of benzene rings is 1. The van der Waals surface area contributed by atoms with Crippen LogP contribution in [0.1, 0.15) is 36.5 Å². The molecule has 0 aliphatic carbocycles. The lowest BCUT2D eigenvalue weighted by atomic mass is 10.1. The summed E-state index contributed by atoms with van der Waals surface area (Å²) in [5.41, 5.74) is 2.77. The number of nitrogens with zero attached hydrogens (tertiary/aromatic N) is 1. The quantitative estimate of drug-likeness (QED) is 0.547. The molecule has 0 radical (unpaired) electrons. The Kier molecular flexibility index (Phi) is 6.69. The molecule has 0 saturated heterocycles. The molecule has 0 heterocycles. The van der Waals surface area contributed by atoms with Crippen molar-refractivity contribution in [3.63, 3.8) is 0 Å². The zero-order valence-electron chi connectivity index (χ0n) is 12.7. The van der Waals surface area contributed by atoms with Crippen LogP contribution in [0, 0.1) is 20.8 Å². The molecule has 0 fully saturated rings. The van der Waals surface area contributed by atoms with Gasteiger partial charge >= 0.3 is 0 Å². The first kappa shape index (κ1) is 17.7. The zero-order chi connectivity index (χ0) is 15.3. The number of alkyl halides is 1. The Hall–Kier alpha value is -0.390. The SMILES string of the molecule is CCN(CCCCBr)S(=O)(=O)c1c(C)cc(C)cc1C. The molecule has 20 heavy (non-hydrogen) atoms. The maximum atomic E-state index is 12.8. The molecule has 1 aromatic carbocycles. The maximum absolute atomic E-state index is 12.8. The summed E-state index contributed by atoms with van der Waals surface area (Å²) in [6, 6.07) is 3.87. The van der Waals surface area contributed by atoms with Crippen LogP contribution in [0.3, 0.4) is 0 Å². The number of sulfonamides is 1. The number of hydrogen-bond donors (Lipinski definition) is 0. The van der Waals surface area contributed by atoms with Crippen molar-refractivity contribution in [1.82, 2.24) is 4.31 Å². The number of aryl methyl sites for hydroxylation is 3. The van der Waals surface area contributed by atoms with Gasteiger partial charge in [0.2, 0.25) is 10.0 Å². The first-order valence-corrected chi connectivity index (χ1v) is 9.54. The van der Waals surface area contributed by atoms with E-state index in [2.05, 4.69) is 15.9 Å². The van der Waals surface area contributed by atoms with Crippen molar-refractivity contribution in [3.8, 4) is 0 Å². The van der Waals surface area contributed by atoms with E-state index in [-0.39, 0.29) is 0 Å². The fraction of sp³-hybridized carbons (Fsp3) is 0.600. The first-order valence-electron chi connectivity index (χ1n) is 6.98. The first-order chi connectivity index (χ1) is 9.34. The van der Waals surface area contributed by atoms with Crippen molar-refractivity contribution >= 4 is 26.0 Å². The molecule has 0 aliphatic heterocycles. The topological polar surface area (TPSA) is 37.4 Å². The highest BCUT2D eigenvalue weighted by molar-refractivity contribution is 9.09. The molecule has 3 nitrogen and oxygen atoms in total. The van der Waals surface area contributed by atoms with E-state index in [1.54, 1.807) is 4.31 Å². The van der Waals surface area contributed by atoms with Crippen LogP contribution >= 0.6 is 15.9 Å². The monoisotopic (exact) mass is 361 g/mol. The fourth-order valence-corrected chi connectivity index (χ4v) is 4.83. The van der Waals surface area contributed by atoms with Crippen LogP contribution in [-0.2, 0) is 10.0 Å². The fourth-order valence-electron chi connectivity index (χ4n) is 2.53. The third kappa shape index (κ3) is 4.06. The van der Waals surface area contributed by atoms with Crippen molar-refractivity contribution in [2.24, 2.45) is 0 Å². The summed E-state index contributed by atoms with van der Waals surface area (Å²) < 4.78 is 27.2. The van der Waals surface area contributed by atoms with Gasteiger partial charge in [-0.15, -0.1) is 0 Å². The van der Waals surface area contributed by atoms with Crippen molar-refractivity contribution < 1.29 is 8.42 Å². The van der Waals surface area contributed by atoms with Gasteiger partial charge in [-0.3, -0.25) is 0 Å². The molecular weight excluding hydrogens is 338 g/mol. The molecule has 1 rings (SSSR count). The normalized spacial score (nSPS) is 12.1. The highest BCUT2D eigenvalue weighted by Crippen LogP contribution is 2.25. The van der Waals surface area contributed by atoms with Crippen LogP contribution in [0.5, 0.6) is 0 Å². The molecular formula is C15H24BrNO2S. The predicted molar refractivity (Wildman–Crippen MR) is 88.1 cm³/mol. The van der Waals surface area contributed by atoms with Gasteiger partial charge in [-0.2, -0.15) is 4.31 Å². The lowest BCUT2D eigenvalue weighted by Gasteiger charge is -2.23. The molecule has 0 N–H and O–H groups in total. The molecule has 114 valence electrons. The Bertz CT molecular complexity index is 532. The Balaban J connectivity index is 3.14. The van der Waals surface area contributed by atoms with Crippen LogP contribution in [0.25, 0.3) is 0 Å². The molecule has 0 atom stereocenters. The Morgan fingerprint density at radius 2 is 1.65 bits per heavy atom. The summed E-state index contributed by atoms with van der Waals surface area (Å²) in [5.74, 6) is 0. The summed E-state index contributed by atoms with van der Waals surface area (Å²) in [4.78, 5) is 0.476. The average molecular weight is 362 g/mol. The van der Waals surface area contributed by atoms with E-state index in [0.29, 0.717) is 18.0 Å². The van der Waals surface area contributed by atoms with Crippen LogP contribution in [-0.4, -0.2) is 31.1 Å². The van der Waals surface area contributed by atoms with E-state index in [9.17, 15) is 8.42 Å². The minimum atomic E-state index is -3.39. The maximum Gasteiger partial charge on any atom is 0.243 e. The smallest absolute Gasteiger partial charge is 0.207 e. The Morgan fingerprint density at radius 1 is 1.10 bits per heavy atom. The van der Waals surface area contributed by atoms with Crippen molar-refractivity contribution in [1.29, 1.82) is 0 Å². The number of halogens is 1. The second-order valence-corrected chi connectivity index (χ2v) is 7.79. The molecule has 0 unspecified atom stereocenters. The third-order valence-electron chi connectivity index (χ3n) is 3.35. The Morgan fingerprint density at radius 3 is 2.10 bits per heavy atom. The number of hydrogen-bond acceptors (Lipinski definition) is 2. The van der Waals surface area contributed by atoms with E-state index in [1.165, 1.54) is 0 Å². The van der Waals surface area contributed by atoms with Crippen LogP contribution in [0.2, 0.25) is 0 Å². The van der Waals surface area contributed by atoms with E-state index in [4.69, 9.17) is 0 Å². The molecule has 1 aromatic rings. The van der Waals surface area contributed by atoms with Crippen molar-refractivity contribution in [3.05, 3.63) is 28.8 Å². The molecule has 0 aliphatic rings. The van der Waals surface area contributed by atoms with Gasteiger partial charge in [-0.25, -0.2) is 8.42 Å². The van der Waals surface area contributed by atoms with Crippen molar-refractivity contribution in [2.45, 2.75) is 45.4 Å². The molecule has 5 heteroatoms. The standard InChI is InChI=1S/C15H24BrNO2S/c1-5-17(9-7-6-8-16)20(18,19)15-13(3)10-12(2)11-14(15)4/h10-11H,5-9H2,1-4H3. The van der Waals surface area contributed by atoms with Crippen molar-refractivity contribution in [2.75, 3.05) is 18.4 Å². The average Bonchev–Trinajstić information content (AvgIpc) is 2.32. The molecule has 0 spiro atoms. The second-order valence-electron chi connectivity index (χ2n) is 5.12. The second kappa shape index (κ2) is 7.57. The summed E-state index contributed by atoms with van der Waals surface area (Å²) in [6.45, 7) is 8.72. The lowest BCUT2D eigenvalue weighted by Crippen LogP contribution is -2.33. The molecule has 0 amide bonds. The van der Waals surface area contributed by atoms with Gasteiger partial charge in [-0.05, 0) is 44.7 Å². The summed E-state index contributed by atoms with van der Waals surface area (Å²) in [6.07, 6.45) is 1.86. The van der Waals surface area contributed by atoms with E-state index >= 15 is 0 Å². The van der Waals surface area contributed by atoms with Gasteiger partial charge in [0.15, 0.2) is 0 Å². The van der Waals surface area contributed by atoms with Gasteiger partial charge in [-0.1, -0.05) is 40.5 Å². The van der Waals surface area contributed by atoms with Gasteiger partial charge < -0.3 is 0 Å². The number of rotatable bonds is 7. The van der Waals surface area contributed by atoms with Gasteiger partial charge in [0.1, 0.15) is 0 Å². The Labute approximate surface area is 131 Å². The van der Waals surface area contributed by atoms with Gasteiger partial charge in [0.05, 0.1) is 4.90 Å². The molecule has 0 bridgehead atoms. The summed E-state index contributed by atoms with van der Waals surface area (Å²) in [7, 11) is -3.39. The van der Waals surface area contributed by atoms with Crippen LogP contribution < -0.4 is 0 Å². The largest absolute Gasteiger partial charge is 0.243 e. The van der Waals surface area contributed by atoms with Gasteiger partial charge in [0, 0.05) is 18.4 Å².